The van der Waals surface area contributed by atoms with Crippen LogP contribution in [0.5, 0.6) is 0 Å². The Balaban J connectivity index is 4.25. The van der Waals surface area contributed by atoms with Gasteiger partial charge in [-0.15, -0.1) is 0 Å². The third kappa shape index (κ3) is 3.74. The quantitative estimate of drug-likeness (QED) is 0.520. The van der Waals surface area contributed by atoms with Crippen LogP contribution in [0.15, 0.2) is 0 Å². The summed E-state index contributed by atoms with van der Waals surface area (Å²) in [5.74, 6) is 3.15. The molecule has 0 saturated carbocycles. The molecule has 0 spiro atoms. The van der Waals surface area contributed by atoms with Crippen molar-refractivity contribution < 1.29 is 9.59 Å². The Hall–Kier alpha value is -1.34. The van der Waals surface area contributed by atoms with Gasteiger partial charge in [-0.2, -0.15) is 0 Å². The lowest BCUT2D eigenvalue weighted by molar-refractivity contribution is -0.121. The second kappa shape index (κ2) is 4.52. The minimum atomic E-state index is -0.905. The van der Waals surface area contributed by atoms with Gasteiger partial charge in [0, 0.05) is 5.92 Å². The first-order valence-electron chi connectivity index (χ1n) is 3.55. The lowest BCUT2D eigenvalue weighted by Crippen LogP contribution is -2.32. The Morgan fingerprint density at radius 2 is 1.83 bits per heavy atom. The minimum absolute atomic E-state index is 0.179. The zero-order chi connectivity index (χ0) is 9.72. The van der Waals surface area contributed by atoms with E-state index in [4.69, 9.17) is 11.5 Å². The first-order valence-corrected chi connectivity index (χ1v) is 3.55. The summed E-state index contributed by atoms with van der Waals surface area (Å²) in [6.07, 6.45) is 0. The van der Waals surface area contributed by atoms with E-state index >= 15 is 0 Å². The maximum Gasteiger partial charge on any atom is 0.293 e. The smallest absolute Gasteiger partial charge is 0.293 e. The van der Waals surface area contributed by atoms with Gasteiger partial charge in [0.2, 0.25) is 0 Å². The van der Waals surface area contributed by atoms with E-state index in [1.165, 1.54) is 0 Å². The van der Waals surface area contributed by atoms with E-state index in [9.17, 15) is 9.59 Å². The zero-order valence-corrected chi connectivity index (χ0v) is 7.13. The summed E-state index contributed by atoms with van der Waals surface area (Å²) in [5.41, 5.74) is 10.1. The normalized spacial score (nSPS) is 11.7. The molecule has 0 aliphatic rings. The van der Waals surface area contributed by atoms with E-state index in [0.717, 1.165) is 0 Å². The summed E-state index contributed by atoms with van der Waals surface area (Å²) in [5, 5.41) is 0. The van der Waals surface area contributed by atoms with E-state index in [1.807, 2.05) is 5.92 Å². The van der Waals surface area contributed by atoms with Crippen molar-refractivity contribution in [1.82, 2.24) is 0 Å². The maximum absolute atomic E-state index is 11.1. The molecule has 1 unspecified atom stereocenters. The molecular weight excluding hydrogens is 156 g/mol. The first kappa shape index (κ1) is 10.7. The molecule has 4 heteroatoms. The van der Waals surface area contributed by atoms with Crippen molar-refractivity contribution in [2.45, 2.75) is 19.9 Å². The number of amides is 1. The van der Waals surface area contributed by atoms with E-state index in [0.29, 0.717) is 0 Å². The van der Waals surface area contributed by atoms with Gasteiger partial charge >= 0.3 is 0 Å². The van der Waals surface area contributed by atoms with Crippen molar-refractivity contribution in [3.63, 3.8) is 0 Å². The number of primary amides is 1. The lowest BCUT2D eigenvalue weighted by atomic mass is 10.0. The molecule has 4 nitrogen and oxygen atoms in total. The third-order valence-corrected chi connectivity index (χ3v) is 1.23. The molecule has 0 aromatic carbocycles. The van der Waals surface area contributed by atoms with Gasteiger partial charge in [0.25, 0.3) is 5.91 Å². The molecule has 0 saturated heterocycles. The van der Waals surface area contributed by atoms with Gasteiger partial charge in [0.15, 0.2) is 5.78 Å². The van der Waals surface area contributed by atoms with Gasteiger partial charge in [-0.05, 0) is 5.92 Å². The highest BCUT2D eigenvalue weighted by molar-refractivity contribution is 5.95. The molecule has 0 aliphatic heterocycles. The Labute approximate surface area is 71.3 Å². The molecule has 12 heavy (non-hydrogen) atoms. The van der Waals surface area contributed by atoms with Crippen molar-refractivity contribution in [3.8, 4) is 11.8 Å². The highest BCUT2D eigenvalue weighted by Gasteiger charge is 2.13. The van der Waals surface area contributed by atoms with Gasteiger partial charge in [0.05, 0.1) is 0 Å². The van der Waals surface area contributed by atoms with Crippen LogP contribution in [0.25, 0.3) is 0 Å². The van der Waals surface area contributed by atoms with Gasteiger partial charge in [-0.25, -0.2) is 0 Å². The van der Waals surface area contributed by atoms with Crippen LogP contribution in [-0.2, 0) is 9.59 Å². The summed E-state index contributed by atoms with van der Waals surface area (Å²) >= 11 is 0. The average Bonchev–Trinajstić information content (AvgIpc) is 1.98. The number of ketones is 1. The lowest BCUT2D eigenvalue weighted by Gasteiger charge is -2.05. The van der Waals surface area contributed by atoms with E-state index < -0.39 is 11.9 Å². The second-order valence-corrected chi connectivity index (χ2v) is 2.67. The van der Waals surface area contributed by atoms with Crippen molar-refractivity contribution >= 4 is 11.7 Å². The fourth-order valence-corrected chi connectivity index (χ4v) is 0.579. The molecule has 0 rings (SSSR count). The number of rotatable bonds is 2. The van der Waals surface area contributed by atoms with E-state index in [1.54, 1.807) is 13.8 Å². The van der Waals surface area contributed by atoms with Crippen LogP contribution >= 0.6 is 0 Å². The molecule has 0 aromatic rings. The molecule has 66 valence electrons. The monoisotopic (exact) mass is 168 g/mol. The van der Waals surface area contributed by atoms with Gasteiger partial charge in [0.1, 0.15) is 6.04 Å². The molecule has 1 atom stereocenters. The Kier molecular flexibility index (Phi) is 4.02. The van der Waals surface area contributed by atoms with E-state index in [-0.39, 0.29) is 11.7 Å². The number of hydrogen-bond acceptors (Lipinski definition) is 3. The van der Waals surface area contributed by atoms with Crippen LogP contribution in [0, 0.1) is 17.8 Å². The van der Waals surface area contributed by atoms with E-state index in [2.05, 4.69) is 5.92 Å². The molecule has 0 aliphatic carbocycles. The standard InChI is InChI=1S/C8H12N2O2/c1-5(2)8(12)6(9)3-4-7(10)11/h5-6H,9H2,1-2H3,(H2,10,11). The maximum atomic E-state index is 11.1. The zero-order valence-electron chi connectivity index (χ0n) is 7.13. The highest BCUT2D eigenvalue weighted by atomic mass is 16.1. The van der Waals surface area contributed by atoms with Crippen LogP contribution in [0.2, 0.25) is 0 Å². The molecule has 0 bridgehead atoms. The number of carbonyl (C=O) groups excluding carboxylic acids is 2. The Morgan fingerprint density at radius 1 is 1.33 bits per heavy atom. The number of carbonyl (C=O) groups is 2. The highest BCUT2D eigenvalue weighted by Crippen LogP contribution is 1.96. The summed E-state index contributed by atoms with van der Waals surface area (Å²) < 4.78 is 0. The van der Waals surface area contributed by atoms with Gasteiger partial charge < -0.3 is 11.5 Å². The van der Waals surface area contributed by atoms with Crippen LogP contribution < -0.4 is 11.5 Å². The first-order chi connectivity index (χ1) is 5.45. The fraction of sp³-hybridized carbons (Fsp3) is 0.500. The van der Waals surface area contributed by atoms with Crippen molar-refractivity contribution in [2.24, 2.45) is 17.4 Å². The number of hydrogen-bond donors (Lipinski definition) is 2. The predicted octanol–water partition coefficient (Wildman–Crippen LogP) is -0.972. The van der Waals surface area contributed by atoms with Crippen molar-refractivity contribution in [2.75, 3.05) is 0 Å². The summed E-state index contributed by atoms with van der Waals surface area (Å²) in [7, 11) is 0. The molecule has 0 aromatic heterocycles. The fourth-order valence-electron chi connectivity index (χ4n) is 0.579. The minimum Gasteiger partial charge on any atom is -0.359 e. The summed E-state index contributed by atoms with van der Waals surface area (Å²) in [6.45, 7) is 3.43. The van der Waals surface area contributed by atoms with Crippen LogP contribution in [0.1, 0.15) is 13.8 Å². The third-order valence-electron chi connectivity index (χ3n) is 1.23. The van der Waals surface area contributed by atoms with Crippen LogP contribution in [0.4, 0.5) is 0 Å². The molecule has 0 radical (unpaired) electrons. The predicted molar refractivity (Wildman–Crippen MR) is 44.8 cm³/mol. The molecule has 4 N–H and O–H groups in total. The van der Waals surface area contributed by atoms with Crippen LogP contribution in [0.3, 0.4) is 0 Å². The van der Waals surface area contributed by atoms with Crippen LogP contribution in [-0.4, -0.2) is 17.7 Å². The SMILES string of the molecule is CC(C)C(=O)C(N)C#CC(N)=O. The molecule has 0 heterocycles. The van der Waals surface area contributed by atoms with Crippen molar-refractivity contribution in [3.05, 3.63) is 0 Å². The second-order valence-electron chi connectivity index (χ2n) is 2.67. The Morgan fingerprint density at radius 3 is 2.17 bits per heavy atom. The summed E-state index contributed by atoms with van der Waals surface area (Å²) in [4.78, 5) is 21.3. The van der Waals surface area contributed by atoms with Gasteiger partial charge in [-0.1, -0.05) is 19.8 Å². The molecule has 1 amide bonds. The number of Topliss-reactive ketones (excluding diaryl/α,β-unsaturated/α-hetero) is 1. The summed E-state index contributed by atoms with van der Waals surface area (Å²) in [6, 6.07) is -0.905. The Bertz CT molecular complexity index is 248. The molecule has 0 fully saturated rings. The van der Waals surface area contributed by atoms with Gasteiger partial charge in [-0.3, -0.25) is 9.59 Å². The largest absolute Gasteiger partial charge is 0.359 e. The van der Waals surface area contributed by atoms with Crippen molar-refractivity contribution in [1.29, 1.82) is 0 Å². The number of nitrogens with two attached hydrogens (primary N) is 2. The average molecular weight is 168 g/mol. The topological polar surface area (TPSA) is 86.2 Å². The molecular formula is C8H12N2O2.